The van der Waals surface area contributed by atoms with Crippen LogP contribution in [0.2, 0.25) is 0 Å². The first-order valence-electron chi connectivity index (χ1n) is 8.29. The summed E-state index contributed by atoms with van der Waals surface area (Å²) in [6.45, 7) is 15.5. The predicted octanol–water partition coefficient (Wildman–Crippen LogP) is 4.89. The fourth-order valence-corrected chi connectivity index (χ4v) is 2.85. The van der Waals surface area contributed by atoms with Crippen LogP contribution in [0.4, 0.5) is 0 Å². The third-order valence-electron chi connectivity index (χ3n) is 3.71. The number of aliphatic imine (C=N–C) groups is 2. The highest BCUT2D eigenvalue weighted by Gasteiger charge is 2.34. The zero-order chi connectivity index (χ0) is 19.8. The zero-order valence-electron chi connectivity index (χ0n) is 16.8. The molecule has 0 aliphatic heterocycles. The van der Waals surface area contributed by atoms with Crippen LogP contribution in [-0.4, -0.2) is 40.5 Å². The number of hydrogen-bond donors (Lipinski definition) is 2. The predicted molar refractivity (Wildman–Crippen MR) is 112 cm³/mol. The van der Waals surface area contributed by atoms with E-state index in [4.69, 9.17) is 0 Å². The molecule has 0 heterocycles. The summed E-state index contributed by atoms with van der Waals surface area (Å²) in [4.78, 5) is 29.3. The highest BCUT2D eigenvalue weighted by Crippen LogP contribution is 2.54. The van der Waals surface area contributed by atoms with Gasteiger partial charge in [-0.25, -0.2) is 0 Å². The number of hydrogen-bond acceptors (Lipinski definition) is 5. The van der Waals surface area contributed by atoms with E-state index in [9.17, 15) is 9.79 Å². The summed E-state index contributed by atoms with van der Waals surface area (Å²) in [6.07, 6.45) is 4.58. The Morgan fingerprint density at radius 3 is 2.12 bits per heavy atom. The van der Waals surface area contributed by atoms with E-state index < -0.39 is 7.87 Å². The van der Waals surface area contributed by atoms with Crippen LogP contribution in [-0.2, 0) is 0 Å². The van der Waals surface area contributed by atoms with Gasteiger partial charge in [0.25, 0.3) is 0 Å². The highest BCUT2D eigenvalue weighted by molar-refractivity contribution is 7.65. The third-order valence-corrected chi connectivity index (χ3v) is 5.62. The Bertz CT molecular complexity index is 639. The van der Waals surface area contributed by atoms with Gasteiger partial charge in [0.15, 0.2) is 0 Å². The summed E-state index contributed by atoms with van der Waals surface area (Å²) in [5.41, 5.74) is 4.93. The number of allylic oxidation sites excluding steroid dienone is 5. The highest BCUT2D eigenvalue weighted by atomic mass is 31.2. The van der Waals surface area contributed by atoms with Crippen LogP contribution in [0.3, 0.4) is 0 Å². The van der Waals surface area contributed by atoms with E-state index in [2.05, 4.69) is 23.5 Å². The Labute approximate surface area is 153 Å². The molecule has 25 heavy (non-hydrogen) atoms. The van der Waals surface area contributed by atoms with Crippen molar-refractivity contribution in [1.82, 2.24) is 4.67 Å². The van der Waals surface area contributed by atoms with Gasteiger partial charge in [-0.1, -0.05) is 19.6 Å². The molecule has 140 valence electrons. The molecule has 0 radical (unpaired) electrons. The second-order valence-corrected chi connectivity index (χ2v) is 8.46. The van der Waals surface area contributed by atoms with Crippen molar-refractivity contribution in [3.8, 4) is 0 Å². The van der Waals surface area contributed by atoms with Gasteiger partial charge in [0.1, 0.15) is 5.82 Å². The van der Waals surface area contributed by atoms with E-state index in [1.807, 2.05) is 40.7 Å². The van der Waals surface area contributed by atoms with Crippen molar-refractivity contribution in [3.05, 3.63) is 46.6 Å². The molecule has 0 aliphatic rings. The minimum Gasteiger partial charge on any atom is -0.260 e. The maximum atomic E-state index is 10.1. The Hall–Kier alpha value is -1.39. The molecule has 0 fully saturated rings. The van der Waals surface area contributed by atoms with Crippen molar-refractivity contribution >= 4 is 19.8 Å². The van der Waals surface area contributed by atoms with Gasteiger partial charge >= 0.3 is 7.87 Å². The lowest BCUT2D eigenvalue weighted by Crippen LogP contribution is -2.11. The molecule has 0 spiro atoms. The summed E-state index contributed by atoms with van der Waals surface area (Å²) in [5.74, 6) is 1.50. The molecule has 0 amide bonds. The lowest BCUT2D eigenvalue weighted by Gasteiger charge is -2.16. The summed E-state index contributed by atoms with van der Waals surface area (Å²) in [6, 6.07) is 0. The van der Waals surface area contributed by atoms with Crippen LogP contribution in [0.25, 0.3) is 0 Å². The maximum Gasteiger partial charge on any atom is 0.371 e. The minimum absolute atomic E-state index is 0.731. The minimum atomic E-state index is -3.24. The van der Waals surface area contributed by atoms with Crippen molar-refractivity contribution in [1.29, 1.82) is 0 Å². The van der Waals surface area contributed by atoms with E-state index in [-0.39, 0.29) is 0 Å². The first-order valence-corrected chi connectivity index (χ1v) is 10.0. The molecule has 6 heteroatoms. The van der Waals surface area contributed by atoms with Gasteiger partial charge in [-0.3, -0.25) is 9.98 Å². The van der Waals surface area contributed by atoms with E-state index in [1.54, 1.807) is 20.3 Å². The van der Waals surface area contributed by atoms with Gasteiger partial charge in [0, 0.05) is 26.0 Å². The van der Waals surface area contributed by atoms with Gasteiger partial charge in [-0.15, -0.1) is 4.67 Å². The molecule has 0 bridgehead atoms. The average molecular weight is 366 g/mol. The Morgan fingerprint density at radius 2 is 1.72 bits per heavy atom. The molecule has 0 aromatic carbocycles. The molecular formula is C19H33N3O2P+. The fourth-order valence-electron chi connectivity index (χ4n) is 1.91. The van der Waals surface area contributed by atoms with Crippen molar-refractivity contribution in [2.24, 2.45) is 9.98 Å². The third kappa shape index (κ3) is 8.02. The fraction of sp³-hybridized carbons (Fsp3) is 0.474. The van der Waals surface area contributed by atoms with E-state index >= 15 is 0 Å². The van der Waals surface area contributed by atoms with E-state index in [1.165, 1.54) is 10.5 Å². The second-order valence-electron chi connectivity index (χ2n) is 6.17. The molecule has 0 aromatic rings. The molecule has 0 rings (SSSR count). The molecule has 2 N–H and O–H groups in total. The summed E-state index contributed by atoms with van der Waals surface area (Å²) in [5, 5.41) is 0. The van der Waals surface area contributed by atoms with Gasteiger partial charge < -0.3 is 0 Å². The smallest absolute Gasteiger partial charge is 0.260 e. The van der Waals surface area contributed by atoms with E-state index in [0.717, 1.165) is 40.2 Å². The Morgan fingerprint density at radius 1 is 1.16 bits per heavy atom. The SMILES string of the molecule is C=C(C)/C(N=C(C)C=N/C(=C\C)CC)=C(C)\C(C)=C\[P+](O)(O)N(C)C. The molecule has 0 aromatic heterocycles. The topological polar surface area (TPSA) is 68.4 Å². The monoisotopic (exact) mass is 366 g/mol. The molecule has 0 saturated heterocycles. The standard InChI is InChI=1S/C19H33N3O2P/c1-10-18(11-2)20-12-16(6)21-19(14(3)4)17(7)15(5)13-25(23,24)22(8)9/h10,12-13,23-24H,3,11H2,1-2,4-9H3/q+1/b15-13+,18-10-,19-17+,20-12?,21-16?. The van der Waals surface area contributed by atoms with Gasteiger partial charge in [0.05, 0.1) is 11.4 Å². The molecule has 5 nitrogen and oxygen atoms in total. The lowest BCUT2D eigenvalue weighted by molar-refractivity contribution is 0.386. The first kappa shape index (κ1) is 23.6. The van der Waals surface area contributed by atoms with Crippen LogP contribution >= 0.6 is 7.87 Å². The molecule has 0 saturated carbocycles. The van der Waals surface area contributed by atoms with Crippen molar-refractivity contribution in [2.75, 3.05) is 14.1 Å². The summed E-state index contributed by atoms with van der Waals surface area (Å²) < 4.78 is 1.43. The molecule has 0 unspecified atom stereocenters. The largest absolute Gasteiger partial charge is 0.371 e. The summed E-state index contributed by atoms with van der Waals surface area (Å²) >= 11 is 0. The Kier molecular flexibility index (Phi) is 9.98. The van der Waals surface area contributed by atoms with Crippen LogP contribution < -0.4 is 0 Å². The molecule has 0 atom stereocenters. The second kappa shape index (κ2) is 10.6. The molecule has 0 aliphatic carbocycles. The first-order chi connectivity index (χ1) is 11.5. The lowest BCUT2D eigenvalue weighted by atomic mass is 10.1. The molecular weight excluding hydrogens is 333 g/mol. The Balaban J connectivity index is 5.88. The van der Waals surface area contributed by atoms with Gasteiger partial charge in [-0.05, 0) is 57.8 Å². The van der Waals surface area contributed by atoms with Crippen LogP contribution in [0.5, 0.6) is 0 Å². The van der Waals surface area contributed by atoms with Crippen LogP contribution in [0.1, 0.15) is 48.0 Å². The van der Waals surface area contributed by atoms with Crippen molar-refractivity contribution < 1.29 is 9.79 Å². The van der Waals surface area contributed by atoms with Gasteiger partial charge in [0.2, 0.25) is 0 Å². The number of rotatable bonds is 8. The van der Waals surface area contributed by atoms with Crippen LogP contribution in [0, 0.1) is 0 Å². The quantitative estimate of drug-likeness (QED) is 0.365. The zero-order valence-corrected chi connectivity index (χ0v) is 17.7. The maximum absolute atomic E-state index is 10.1. The van der Waals surface area contributed by atoms with Gasteiger partial charge in [-0.2, -0.15) is 9.79 Å². The normalized spacial score (nSPS) is 15.9. The van der Waals surface area contributed by atoms with E-state index in [0.29, 0.717) is 0 Å². The number of nitrogens with zero attached hydrogens (tertiary/aromatic N) is 3. The average Bonchev–Trinajstić information content (AvgIpc) is 2.51. The van der Waals surface area contributed by atoms with Crippen LogP contribution in [0.15, 0.2) is 56.6 Å². The summed E-state index contributed by atoms with van der Waals surface area (Å²) in [7, 11) is 0.0434. The van der Waals surface area contributed by atoms with Crippen molar-refractivity contribution in [3.63, 3.8) is 0 Å². The van der Waals surface area contributed by atoms with Crippen molar-refractivity contribution in [2.45, 2.75) is 48.0 Å².